The number of halogens is 1. The van der Waals surface area contributed by atoms with Gasteiger partial charge in [-0.25, -0.2) is 9.78 Å². The maximum Gasteiger partial charge on any atom is 0.323 e. The molecule has 0 unspecified atom stereocenters. The topological polar surface area (TPSA) is 76.4 Å². The Bertz CT molecular complexity index is 1170. The minimum absolute atomic E-state index is 0.419. The third kappa shape index (κ3) is 4.02. The van der Waals surface area contributed by atoms with Gasteiger partial charge in [-0.3, -0.25) is 0 Å². The van der Waals surface area contributed by atoms with Gasteiger partial charge in [-0.2, -0.15) is 0 Å². The van der Waals surface area contributed by atoms with Crippen LogP contribution in [0.15, 0.2) is 65.1 Å². The number of nitrogens with one attached hydrogen (secondary N) is 2. The van der Waals surface area contributed by atoms with Gasteiger partial charge in [0.25, 0.3) is 0 Å². The number of nitrogens with zero attached hydrogens (tertiary/aromatic N) is 1. The van der Waals surface area contributed by atoms with Crippen LogP contribution in [0.4, 0.5) is 16.2 Å². The predicted molar refractivity (Wildman–Crippen MR) is 115 cm³/mol. The summed E-state index contributed by atoms with van der Waals surface area (Å²) >= 11 is 6.12. The largest absolute Gasteiger partial charge is 0.495 e. The van der Waals surface area contributed by atoms with Crippen LogP contribution >= 0.6 is 11.6 Å². The lowest BCUT2D eigenvalue weighted by atomic mass is 10.2. The molecule has 0 aliphatic carbocycles. The van der Waals surface area contributed by atoms with Gasteiger partial charge in [0.05, 0.1) is 12.8 Å². The maximum absolute atomic E-state index is 12.5. The number of para-hydroxylation sites is 2. The summed E-state index contributed by atoms with van der Waals surface area (Å²) in [6.07, 6.45) is 0. The number of carbonyl (C=O) groups is 1. The van der Waals surface area contributed by atoms with Crippen molar-refractivity contribution < 1.29 is 13.9 Å². The van der Waals surface area contributed by atoms with Gasteiger partial charge in [0, 0.05) is 16.3 Å². The number of anilines is 2. The number of urea groups is 1. The molecule has 0 fully saturated rings. The summed E-state index contributed by atoms with van der Waals surface area (Å²) in [6.45, 7) is 1.90. The summed E-state index contributed by atoms with van der Waals surface area (Å²) in [5.74, 6) is 0.976. The summed E-state index contributed by atoms with van der Waals surface area (Å²) in [5, 5.41) is 6.14. The predicted octanol–water partition coefficient (Wildman–Crippen LogP) is 6.11. The van der Waals surface area contributed by atoms with Crippen molar-refractivity contribution in [1.29, 1.82) is 0 Å². The molecule has 0 atom stereocenters. The smallest absolute Gasteiger partial charge is 0.323 e. The molecule has 6 nitrogen and oxygen atoms in total. The molecule has 2 amide bonds. The number of benzene rings is 3. The fourth-order valence-electron chi connectivity index (χ4n) is 2.89. The number of carbonyl (C=O) groups excluding carboxylic acids is 1. The number of aryl methyl sites for hydroxylation is 1. The highest BCUT2D eigenvalue weighted by Crippen LogP contribution is 2.32. The second kappa shape index (κ2) is 7.85. The van der Waals surface area contributed by atoms with Gasteiger partial charge in [-0.1, -0.05) is 29.8 Å². The van der Waals surface area contributed by atoms with Crippen LogP contribution in [0.5, 0.6) is 5.75 Å². The minimum atomic E-state index is -0.419. The first-order valence-electron chi connectivity index (χ1n) is 8.91. The number of hydrogen-bond donors (Lipinski definition) is 2. The van der Waals surface area contributed by atoms with E-state index in [0.717, 1.165) is 16.6 Å². The third-order valence-electron chi connectivity index (χ3n) is 4.42. The normalized spacial score (nSPS) is 10.7. The second-order valence-electron chi connectivity index (χ2n) is 6.44. The summed E-state index contributed by atoms with van der Waals surface area (Å²) in [6, 6.07) is 17.8. The molecule has 4 rings (SSSR count). The number of hydrogen-bond acceptors (Lipinski definition) is 4. The van der Waals surface area contributed by atoms with Crippen LogP contribution in [0, 0.1) is 6.92 Å². The SMILES string of the molecule is COc1ccc(-c2nc3ccccc3o2)cc1NC(=O)Nc1ccc(C)c(Cl)c1. The molecule has 0 radical (unpaired) electrons. The van der Waals surface area contributed by atoms with Crippen LogP contribution in [0.3, 0.4) is 0 Å². The molecule has 0 saturated carbocycles. The maximum atomic E-state index is 12.5. The Labute approximate surface area is 172 Å². The Hall–Kier alpha value is -3.51. The molecule has 2 N–H and O–H groups in total. The molecule has 0 aliphatic rings. The van der Waals surface area contributed by atoms with E-state index in [1.54, 1.807) is 24.3 Å². The van der Waals surface area contributed by atoms with E-state index in [-0.39, 0.29) is 0 Å². The quantitative estimate of drug-likeness (QED) is 0.428. The number of amides is 2. The van der Waals surface area contributed by atoms with Crippen LogP contribution in [-0.4, -0.2) is 18.1 Å². The molecule has 4 aromatic rings. The lowest BCUT2D eigenvalue weighted by Gasteiger charge is -2.12. The van der Waals surface area contributed by atoms with Gasteiger partial charge in [0.1, 0.15) is 11.3 Å². The summed E-state index contributed by atoms with van der Waals surface area (Å²) in [5.41, 5.74) is 4.19. The molecular formula is C22H18ClN3O3. The van der Waals surface area contributed by atoms with E-state index in [4.69, 9.17) is 20.8 Å². The van der Waals surface area contributed by atoms with E-state index >= 15 is 0 Å². The molecule has 1 heterocycles. The molecule has 1 aromatic heterocycles. The minimum Gasteiger partial charge on any atom is -0.495 e. The van der Waals surface area contributed by atoms with Crippen molar-refractivity contribution in [2.24, 2.45) is 0 Å². The van der Waals surface area contributed by atoms with Crippen molar-refractivity contribution in [2.45, 2.75) is 6.92 Å². The van der Waals surface area contributed by atoms with Gasteiger partial charge in [-0.15, -0.1) is 0 Å². The van der Waals surface area contributed by atoms with Gasteiger partial charge < -0.3 is 19.8 Å². The standard InChI is InChI=1S/C22H18ClN3O3/c1-13-7-9-15(12-16(13)23)24-22(27)26-18-11-14(8-10-19(18)28-2)21-25-17-5-3-4-6-20(17)29-21/h3-12H,1-2H3,(H2,24,26,27). The van der Waals surface area contributed by atoms with Crippen molar-refractivity contribution in [2.75, 3.05) is 17.7 Å². The summed E-state index contributed by atoms with van der Waals surface area (Å²) in [7, 11) is 1.54. The average Bonchev–Trinajstić information content (AvgIpc) is 3.15. The van der Waals surface area contributed by atoms with Crippen LogP contribution < -0.4 is 15.4 Å². The van der Waals surface area contributed by atoms with Crippen LogP contribution in [0.25, 0.3) is 22.6 Å². The molecule has 0 aliphatic heterocycles. The van der Waals surface area contributed by atoms with Gasteiger partial charge in [-0.05, 0) is 55.0 Å². The average molecular weight is 408 g/mol. The number of oxazole rings is 1. The van der Waals surface area contributed by atoms with E-state index < -0.39 is 6.03 Å². The van der Waals surface area contributed by atoms with Gasteiger partial charge in [0.2, 0.25) is 5.89 Å². The lowest BCUT2D eigenvalue weighted by molar-refractivity contribution is 0.262. The summed E-state index contributed by atoms with van der Waals surface area (Å²) < 4.78 is 11.2. The number of fused-ring (bicyclic) bond motifs is 1. The van der Waals surface area contributed by atoms with Crippen LogP contribution in [0.1, 0.15) is 5.56 Å². The van der Waals surface area contributed by atoms with Crippen molar-refractivity contribution in [1.82, 2.24) is 4.98 Å². The Kier molecular flexibility index (Phi) is 5.10. The Morgan fingerprint density at radius 1 is 1.07 bits per heavy atom. The summed E-state index contributed by atoms with van der Waals surface area (Å²) in [4.78, 5) is 17.0. The van der Waals surface area contributed by atoms with Gasteiger partial charge in [0.15, 0.2) is 5.58 Å². The molecule has 146 valence electrons. The fraction of sp³-hybridized carbons (Fsp3) is 0.0909. The van der Waals surface area contributed by atoms with Gasteiger partial charge >= 0.3 is 6.03 Å². The molecule has 0 spiro atoms. The van der Waals surface area contributed by atoms with Crippen molar-refractivity contribution >= 4 is 40.1 Å². The molecule has 0 bridgehead atoms. The third-order valence-corrected chi connectivity index (χ3v) is 4.83. The van der Waals surface area contributed by atoms with E-state index in [2.05, 4.69) is 15.6 Å². The molecule has 0 saturated heterocycles. The number of ether oxygens (including phenoxy) is 1. The number of rotatable bonds is 4. The molecule has 3 aromatic carbocycles. The van der Waals surface area contributed by atoms with E-state index in [9.17, 15) is 4.79 Å². The van der Waals surface area contributed by atoms with Crippen molar-refractivity contribution in [3.63, 3.8) is 0 Å². The number of methoxy groups -OCH3 is 1. The molecule has 29 heavy (non-hydrogen) atoms. The number of aromatic nitrogens is 1. The zero-order valence-electron chi connectivity index (χ0n) is 15.8. The van der Waals surface area contributed by atoms with E-state index in [0.29, 0.717) is 33.6 Å². The first kappa shape index (κ1) is 18.8. The Morgan fingerprint density at radius 2 is 1.90 bits per heavy atom. The zero-order valence-corrected chi connectivity index (χ0v) is 16.6. The van der Waals surface area contributed by atoms with Crippen molar-refractivity contribution in [3.8, 4) is 17.2 Å². The van der Waals surface area contributed by atoms with E-state index in [1.165, 1.54) is 7.11 Å². The monoisotopic (exact) mass is 407 g/mol. The van der Waals surface area contributed by atoms with Crippen LogP contribution in [-0.2, 0) is 0 Å². The molecular weight excluding hydrogens is 390 g/mol. The van der Waals surface area contributed by atoms with Crippen molar-refractivity contribution in [3.05, 3.63) is 71.2 Å². The molecule has 7 heteroatoms. The highest BCUT2D eigenvalue weighted by atomic mass is 35.5. The first-order valence-corrected chi connectivity index (χ1v) is 9.29. The Balaban J connectivity index is 1.59. The zero-order chi connectivity index (χ0) is 20.4. The van der Waals surface area contributed by atoms with E-state index in [1.807, 2.05) is 43.3 Å². The first-order chi connectivity index (χ1) is 14.0. The second-order valence-corrected chi connectivity index (χ2v) is 6.85. The van der Waals surface area contributed by atoms with Crippen LogP contribution in [0.2, 0.25) is 5.02 Å². The highest BCUT2D eigenvalue weighted by molar-refractivity contribution is 6.31. The fourth-order valence-corrected chi connectivity index (χ4v) is 3.07. The Morgan fingerprint density at radius 3 is 2.66 bits per heavy atom. The lowest BCUT2D eigenvalue weighted by Crippen LogP contribution is -2.19. The highest BCUT2D eigenvalue weighted by Gasteiger charge is 2.13.